The molecule has 3 aromatic rings. The van der Waals surface area contributed by atoms with Gasteiger partial charge in [-0.15, -0.1) is 0 Å². The third-order valence-corrected chi connectivity index (χ3v) is 5.69. The predicted octanol–water partition coefficient (Wildman–Crippen LogP) is 5.86. The Morgan fingerprint density at radius 3 is 2.44 bits per heavy atom. The summed E-state index contributed by atoms with van der Waals surface area (Å²) in [6.45, 7) is 0. The van der Waals surface area contributed by atoms with E-state index in [1.807, 2.05) is 77.7 Å². The summed E-state index contributed by atoms with van der Waals surface area (Å²) in [6, 6.07) is 21.5. The summed E-state index contributed by atoms with van der Waals surface area (Å²) >= 11 is 4.99. The minimum Gasteiger partial charge on any atom is -0.465 e. The van der Waals surface area contributed by atoms with Crippen LogP contribution in [0.25, 0.3) is 6.08 Å². The second-order valence-electron chi connectivity index (χ2n) is 5.56. The van der Waals surface area contributed by atoms with Crippen molar-refractivity contribution in [3.63, 3.8) is 0 Å². The van der Waals surface area contributed by atoms with E-state index in [2.05, 4.69) is 15.9 Å². The molecular weight excluding hydrogens is 398 g/mol. The SMILES string of the molecule is O=C1/C(=C/c2ccco2)SC(c2ccccc2)N1c1ccc(Br)cc1. The first kappa shape index (κ1) is 16.2. The van der Waals surface area contributed by atoms with Crippen molar-refractivity contribution in [3.8, 4) is 0 Å². The van der Waals surface area contributed by atoms with E-state index in [4.69, 9.17) is 4.42 Å². The van der Waals surface area contributed by atoms with Crippen molar-refractivity contribution in [1.29, 1.82) is 0 Å². The van der Waals surface area contributed by atoms with E-state index in [0.29, 0.717) is 10.7 Å². The lowest BCUT2D eigenvalue weighted by atomic mass is 10.2. The fourth-order valence-electron chi connectivity index (χ4n) is 2.74. The molecule has 2 heterocycles. The molecule has 1 saturated heterocycles. The maximum atomic E-state index is 13.1. The number of thioether (sulfide) groups is 1. The van der Waals surface area contributed by atoms with E-state index in [9.17, 15) is 4.79 Å². The van der Waals surface area contributed by atoms with Crippen LogP contribution in [-0.4, -0.2) is 5.91 Å². The van der Waals surface area contributed by atoms with Gasteiger partial charge in [-0.3, -0.25) is 9.69 Å². The number of nitrogens with zero attached hydrogens (tertiary/aromatic N) is 1. The fraction of sp³-hybridized carbons (Fsp3) is 0.0500. The lowest BCUT2D eigenvalue weighted by Crippen LogP contribution is -2.27. The summed E-state index contributed by atoms with van der Waals surface area (Å²) in [6.07, 6.45) is 3.42. The zero-order chi connectivity index (χ0) is 17.2. The Morgan fingerprint density at radius 1 is 1.00 bits per heavy atom. The molecule has 0 bridgehead atoms. The Bertz CT molecular complexity index is 905. The molecular formula is C20H14BrNO2S. The third-order valence-electron chi connectivity index (χ3n) is 3.91. The van der Waals surface area contributed by atoms with Gasteiger partial charge >= 0.3 is 0 Å². The molecule has 1 fully saturated rings. The second kappa shape index (κ2) is 6.94. The lowest BCUT2D eigenvalue weighted by molar-refractivity contribution is -0.114. The molecule has 0 spiro atoms. The van der Waals surface area contributed by atoms with Gasteiger partial charge in [-0.05, 0) is 48.0 Å². The molecule has 1 aliphatic rings. The third kappa shape index (κ3) is 3.30. The molecule has 1 atom stereocenters. The highest BCUT2D eigenvalue weighted by molar-refractivity contribution is 9.10. The minimum absolute atomic E-state index is 0.0161. The van der Waals surface area contributed by atoms with Gasteiger partial charge in [0.15, 0.2) is 0 Å². The van der Waals surface area contributed by atoms with Crippen LogP contribution in [0.5, 0.6) is 0 Å². The fourth-order valence-corrected chi connectivity index (χ4v) is 4.24. The van der Waals surface area contributed by atoms with Gasteiger partial charge in [0.2, 0.25) is 0 Å². The number of anilines is 1. The molecule has 5 heteroatoms. The van der Waals surface area contributed by atoms with E-state index < -0.39 is 0 Å². The smallest absolute Gasteiger partial charge is 0.266 e. The van der Waals surface area contributed by atoms with E-state index in [-0.39, 0.29) is 11.3 Å². The summed E-state index contributed by atoms with van der Waals surface area (Å²) in [5.74, 6) is 0.665. The number of halogens is 1. The molecule has 4 rings (SSSR count). The van der Waals surface area contributed by atoms with Crippen LogP contribution in [0.15, 0.2) is 86.8 Å². The van der Waals surface area contributed by atoms with E-state index in [0.717, 1.165) is 15.7 Å². The van der Waals surface area contributed by atoms with E-state index in [1.165, 1.54) is 0 Å². The Balaban J connectivity index is 1.77. The zero-order valence-electron chi connectivity index (χ0n) is 13.1. The monoisotopic (exact) mass is 411 g/mol. The Kier molecular flexibility index (Phi) is 4.51. The highest BCUT2D eigenvalue weighted by atomic mass is 79.9. The Morgan fingerprint density at radius 2 is 1.76 bits per heavy atom. The maximum Gasteiger partial charge on any atom is 0.266 e. The van der Waals surface area contributed by atoms with Crippen molar-refractivity contribution in [2.24, 2.45) is 0 Å². The lowest BCUT2D eigenvalue weighted by Gasteiger charge is -2.23. The van der Waals surface area contributed by atoms with Crippen molar-refractivity contribution in [2.75, 3.05) is 4.90 Å². The molecule has 0 radical (unpaired) electrons. The Hall–Kier alpha value is -2.24. The number of benzene rings is 2. The zero-order valence-corrected chi connectivity index (χ0v) is 15.5. The van der Waals surface area contributed by atoms with Crippen LogP contribution >= 0.6 is 27.7 Å². The van der Waals surface area contributed by atoms with Crippen molar-refractivity contribution < 1.29 is 9.21 Å². The predicted molar refractivity (Wildman–Crippen MR) is 105 cm³/mol. The summed E-state index contributed by atoms with van der Waals surface area (Å²) in [7, 11) is 0. The first-order chi connectivity index (χ1) is 12.2. The first-order valence-electron chi connectivity index (χ1n) is 7.78. The van der Waals surface area contributed by atoms with Crippen molar-refractivity contribution >= 4 is 45.4 Å². The van der Waals surface area contributed by atoms with Crippen molar-refractivity contribution in [1.82, 2.24) is 0 Å². The largest absolute Gasteiger partial charge is 0.465 e. The molecule has 1 amide bonds. The number of amides is 1. The van der Waals surface area contributed by atoms with Gasteiger partial charge in [-0.1, -0.05) is 58.0 Å². The highest BCUT2D eigenvalue weighted by Gasteiger charge is 2.38. The second-order valence-corrected chi connectivity index (χ2v) is 7.59. The first-order valence-corrected chi connectivity index (χ1v) is 9.45. The van der Waals surface area contributed by atoms with Gasteiger partial charge in [0.25, 0.3) is 5.91 Å². The summed E-state index contributed by atoms with van der Waals surface area (Å²) in [5.41, 5.74) is 1.96. The molecule has 0 saturated carbocycles. The number of furan rings is 1. The number of carbonyl (C=O) groups is 1. The molecule has 1 unspecified atom stereocenters. The standard InChI is InChI=1S/C20H14BrNO2S/c21-15-8-10-16(11-9-15)22-19(23)18(13-17-7-4-12-24-17)25-20(22)14-5-2-1-3-6-14/h1-13,20H/b18-13-. The maximum absolute atomic E-state index is 13.1. The van der Waals surface area contributed by atoms with Gasteiger partial charge in [-0.25, -0.2) is 0 Å². The van der Waals surface area contributed by atoms with Crippen molar-refractivity contribution in [3.05, 3.63) is 93.7 Å². The molecule has 1 aromatic heterocycles. The van der Waals surface area contributed by atoms with Gasteiger partial charge in [0, 0.05) is 10.2 Å². The van der Waals surface area contributed by atoms with Crippen LogP contribution in [-0.2, 0) is 4.79 Å². The van der Waals surface area contributed by atoms with Crippen LogP contribution in [0, 0.1) is 0 Å². The summed E-state index contributed by atoms with van der Waals surface area (Å²) in [5, 5.41) is -0.101. The van der Waals surface area contributed by atoms with Gasteiger partial charge in [-0.2, -0.15) is 0 Å². The molecule has 1 aliphatic heterocycles. The minimum atomic E-state index is -0.101. The van der Waals surface area contributed by atoms with Crippen molar-refractivity contribution in [2.45, 2.75) is 5.37 Å². The number of hydrogen-bond acceptors (Lipinski definition) is 3. The average molecular weight is 412 g/mol. The van der Waals surface area contributed by atoms with Crippen LogP contribution in [0.4, 0.5) is 5.69 Å². The van der Waals surface area contributed by atoms with Gasteiger partial charge in [0.05, 0.1) is 11.2 Å². The Labute approximate surface area is 158 Å². The number of hydrogen-bond donors (Lipinski definition) is 0. The van der Waals surface area contributed by atoms with Crippen LogP contribution < -0.4 is 4.90 Å². The summed E-state index contributed by atoms with van der Waals surface area (Å²) < 4.78 is 6.36. The number of rotatable bonds is 3. The van der Waals surface area contributed by atoms with Gasteiger partial charge < -0.3 is 4.42 Å². The topological polar surface area (TPSA) is 33.5 Å². The molecule has 0 aliphatic carbocycles. The average Bonchev–Trinajstić information content (AvgIpc) is 3.26. The van der Waals surface area contributed by atoms with Gasteiger partial charge in [0.1, 0.15) is 11.1 Å². The molecule has 0 N–H and O–H groups in total. The molecule has 2 aromatic carbocycles. The van der Waals surface area contributed by atoms with Crippen LogP contribution in [0.2, 0.25) is 0 Å². The highest BCUT2D eigenvalue weighted by Crippen LogP contribution is 2.48. The van der Waals surface area contributed by atoms with E-state index in [1.54, 1.807) is 18.0 Å². The number of carbonyl (C=O) groups excluding carboxylic acids is 1. The van der Waals surface area contributed by atoms with E-state index >= 15 is 0 Å². The molecule has 124 valence electrons. The quantitative estimate of drug-likeness (QED) is 0.505. The molecule has 25 heavy (non-hydrogen) atoms. The van der Waals surface area contributed by atoms with Crippen LogP contribution in [0.3, 0.4) is 0 Å². The summed E-state index contributed by atoms with van der Waals surface area (Å²) in [4.78, 5) is 15.6. The normalized spacial score (nSPS) is 18.9. The van der Waals surface area contributed by atoms with Crippen LogP contribution in [0.1, 0.15) is 16.7 Å². The molecule has 3 nitrogen and oxygen atoms in total.